The minimum atomic E-state index is -4.64. The molecule has 0 aliphatic heterocycles. The number of hydrogen-bond donors (Lipinski definition) is 3. The predicted molar refractivity (Wildman–Crippen MR) is 15.4 cm³/mol. The van der Waals surface area contributed by atoms with Crippen LogP contribution in [-0.2, 0) is 4.57 Å². The summed E-state index contributed by atoms with van der Waals surface area (Å²) < 4.78 is 8.88. The first-order valence-corrected chi connectivity index (χ1v) is 2.35. The molecule has 0 fully saturated rings. The monoisotopic (exact) mass is 122 g/mol. The van der Waals surface area contributed by atoms with Gasteiger partial charge in [-0.25, -0.2) is 4.57 Å². The fraction of sp³-hybridized carbons (Fsp3) is 0. The summed E-state index contributed by atoms with van der Waals surface area (Å²) in [6, 6.07) is 0. The average Bonchev–Trinajstić information content (AvgIpc) is 0.722. The molecule has 0 bridgehead atoms. The standard InChI is InChI=1S/Na.H3O4P.H/c;1-5(2,3)4;/h;(H3,1,2,3,4);/q+1;;-1. The van der Waals surface area contributed by atoms with E-state index in [2.05, 4.69) is 0 Å². The fourth-order valence-electron chi connectivity index (χ4n) is 0. The van der Waals surface area contributed by atoms with Crippen LogP contribution in [0.4, 0.5) is 0 Å². The van der Waals surface area contributed by atoms with E-state index in [9.17, 15) is 0 Å². The molecule has 0 rings (SSSR count). The Balaban J connectivity index is -0.0000000800. The Kier molecular flexibility index (Phi) is 5.35. The Bertz CT molecular complexity index is 57.8. The van der Waals surface area contributed by atoms with Crippen LogP contribution >= 0.6 is 7.82 Å². The summed E-state index contributed by atoms with van der Waals surface area (Å²) in [7, 11) is -4.64. The Morgan fingerprint density at radius 1 is 1.33 bits per heavy atom. The largest absolute Gasteiger partial charge is 1.00 e. The third kappa shape index (κ3) is 70.1. The summed E-state index contributed by atoms with van der Waals surface area (Å²) in [5, 5.41) is 0. The molecule has 0 saturated heterocycles. The van der Waals surface area contributed by atoms with E-state index in [1.165, 1.54) is 0 Å². The van der Waals surface area contributed by atoms with E-state index >= 15 is 0 Å². The van der Waals surface area contributed by atoms with E-state index in [0.717, 1.165) is 0 Å². The average molecular weight is 122 g/mol. The molecule has 6 heteroatoms. The van der Waals surface area contributed by atoms with E-state index in [4.69, 9.17) is 19.2 Å². The molecule has 34 valence electrons. The van der Waals surface area contributed by atoms with Crippen LogP contribution in [0.5, 0.6) is 0 Å². The molecule has 0 aromatic heterocycles. The zero-order chi connectivity index (χ0) is 4.50. The molecule has 6 heavy (non-hydrogen) atoms. The van der Waals surface area contributed by atoms with Gasteiger partial charge in [0.1, 0.15) is 0 Å². The molecule has 0 spiro atoms. The molecular weight excluding hydrogens is 118 g/mol. The van der Waals surface area contributed by atoms with Crippen molar-refractivity contribution >= 4 is 7.82 Å². The molecule has 0 aliphatic rings. The van der Waals surface area contributed by atoms with Gasteiger partial charge in [0, 0.05) is 0 Å². The van der Waals surface area contributed by atoms with E-state index in [-0.39, 0.29) is 31.0 Å². The van der Waals surface area contributed by atoms with E-state index in [1.807, 2.05) is 0 Å². The maximum absolute atomic E-state index is 8.88. The summed E-state index contributed by atoms with van der Waals surface area (Å²) in [5.74, 6) is 0. The van der Waals surface area contributed by atoms with Crippen molar-refractivity contribution in [3.63, 3.8) is 0 Å². The van der Waals surface area contributed by atoms with Gasteiger partial charge < -0.3 is 16.1 Å². The number of hydrogen-bond acceptors (Lipinski definition) is 1. The zero-order valence-electron chi connectivity index (χ0n) is 4.20. The second-order valence-corrected chi connectivity index (χ2v) is 1.54. The molecule has 0 radical (unpaired) electrons. The van der Waals surface area contributed by atoms with E-state index in [0.29, 0.717) is 0 Å². The zero-order valence-corrected chi connectivity index (χ0v) is 6.09. The van der Waals surface area contributed by atoms with Gasteiger partial charge in [-0.2, -0.15) is 0 Å². The normalized spacial score (nSPS) is 9.83. The van der Waals surface area contributed by atoms with Crippen LogP contribution in [0, 0.1) is 0 Å². The number of rotatable bonds is 0. The summed E-state index contributed by atoms with van der Waals surface area (Å²) in [6.45, 7) is 0. The Morgan fingerprint density at radius 2 is 1.33 bits per heavy atom. The van der Waals surface area contributed by atoms with Crippen LogP contribution in [0.25, 0.3) is 0 Å². The third-order valence-corrected chi connectivity index (χ3v) is 0. The molecular formula is H4NaO4P. The maximum Gasteiger partial charge on any atom is 1.00 e. The number of phosphoric acid groups is 1. The van der Waals surface area contributed by atoms with Crippen molar-refractivity contribution in [3.8, 4) is 0 Å². The first-order valence-electron chi connectivity index (χ1n) is 0.783. The molecule has 0 aromatic carbocycles. The second-order valence-electron chi connectivity index (χ2n) is 0.513. The molecule has 0 amide bonds. The Morgan fingerprint density at radius 3 is 1.33 bits per heavy atom. The van der Waals surface area contributed by atoms with Crippen molar-refractivity contribution < 1.29 is 50.2 Å². The summed E-state index contributed by atoms with van der Waals surface area (Å²) in [5.41, 5.74) is 0. The minimum absolute atomic E-state index is 0. The predicted octanol–water partition coefficient (Wildman–Crippen LogP) is -3.81. The molecule has 3 N–H and O–H groups in total. The van der Waals surface area contributed by atoms with Crippen molar-refractivity contribution in [2.75, 3.05) is 0 Å². The maximum atomic E-state index is 8.88. The van der Waals surface area contributed by atoms with Gasteiger partial charge in [-0.1, -0.05) is 0 Å². The van der Waals surface area contributed by atoms with Crippen molar-refractivity contribution in [3.05, 3.63) is 0 Å². The van der Waals surface area contributed by atoms with Crippen molar-refractivity contribution in [2.24, 2.45) is 0 Å². The topological polar surface area (TPSA) is 77.8 Å². The van der Waals surface area contributed by atoms with E-state index in [1.54, 1.807) is 0 Å². The molecule has 0 unspecified atom stereocenters. The van der Waals surface area contributed by atoms with Crippen LogP contribution in [0.1, 0.15) is 1.43 Å². The van der Waals surface area contributed by atoms with Crippen LogP contribution in [0.3, 0.4) is 0 Å². The van der Waals surface area contributed by atoms with Crippen LogP contribution < -0.4 is 29.6 Å². The first kappa shape index (κ1) is 10.2. The van der Waals surface area contributed by atoms with Gasteiger partial charge in [0.15, 0.2) is 0 Å². The molecule has 4 nitrogen and oxygen atoms in total. The molecule has 0 heterocycles. The van der Waals surface area contributed by atoms with Gasteiger partial charge in [-0.3, -0.25) is 0 Å². The molecule has 0 atom stereocenters. The van der Waals surface area contributed by atoms with E-state index < -0.39 is 7.82 Å². The van der Waals surface area contributed by atoms with Gasteiger partial charge >= 0.3 is 37.4 Å². The van der Waals surface area contributed by atoms with Crippen molar-refractivity contribution in [1.29, 1.82) is 0 Å². The molecule has 0 aromatic rings. The molecule has 0 aliphatic carbocycles. The fourth-order valence-corrected chi connectivity index (χ4v) is 0. The van der Waals surface area contributed by atoms with Crippen LogP contribution in [0.15, 0.2) is 0 Å². The summed E-state index contributed by atoms with van der Waals surface area (Å²) in [4.78, 5) is 21.6. The van der Waals surface area contributed by atoms with Crippen molar-refractivity contribution in [2.45, 2.75) is 0 Å². The SMILES string of the molecule is O=P(O)(O)O.[H-].[Na+]. The van der Waals surface area contributed by atoms with Gasteiger partial charge in [0.25, 0.3) is 0 Å². The van der Waals surface area contributed by atoms with Gasteiger partial charge in [-0.15, -0.1) is 0 Å². The molecule has 0 saturated carbocycles. The van der Waals surface area contributed by atoms with Gasteiger partial charge in [0.2, 0.25) is 0 Å². The Labute approximate surface area is 58.2 Å². The first-order chi connectivity index (χ1) is 2.00. The Hall–Kier alpha value is 1.11. The smallest absolute Gasteiger partial charge is 1.00 e. The summed E-state index contributed by atoms with van der Waals surface area (Å²) in [6.07, 6.45) is 0. The van der Waals surface area contributed by atoms with Crippen molar-refractivity contribution in [1.82, 2.24) is 0 Å². The van der Waals surface area contributed by atoms with Gasteiger partial charge in [0.05, 0.1) is 0 Å². The van der Waals surface area contributed by atoms with Gasteiger partial charge in [-0.05, 0) is 0 Å². The second kappa shape index (κ2) is 3.16. The third-order valence-electron chi connectivity index (χ3n) is 0. The quantitative estimate of drug-likeness (QED) is 0.227. The van der Waals surface area contributed by atoms with Crippen LogP contribution in [-0.4, -0.2) is 14.7 Å². The minimum Gasteiger partial charge on any atom is -1.00 e. The van der Waals surface area contributed by atoms with Crippen LogP contribution in [0.2, 0.25) is 0 Å². The summed E-state index contributed by atoms with van der Waals surface area (Å²) >= 11 is 0.